The van der Waals surface area contributed by atoms with Gasteiger partial charge < -0.3 is 14.2 Å². The lowest BCUT2D eigenvalue weighted by atomic mass is 9.91. The number of rotatable bonds is 9. The van der Waals surface area contributed by atoms with Gasteiger partial charge in [-0.3, -0.25) is 9.59 Å². The predicted molar refractivity (Wildman–Crippen MR) is 123 cm³/mol. The van der Waals surface area contributed by atoms with E-state index in [4.69, 9.17) is 4.42 Å². The highest BCUT2D eigenvalue weighted by Gasteiger charge is 2.26. The lowest BCUT2D eigenvalue weighted by Crippen LogP contribution is -2.42. The van der Waals surface area contributed by atoms with Crippen LogP contribution in [0.25, 0.3) is 0 Å². The highest BCUT2D eigenvalue weighted by molar-refractivity contribution is 7.09. The van der Waals surface area contributed by atoms with E-state index in [2.05, 4.69) is 0 Å². The molecule has 0 unspecified atom stereocenters. The van der Waals surface area contributed by atoms with Crippen molar-refractivity contribution in [1.82, 2.24) is 9.80 Å². The molecule has 1 aromatic carbocycles. The van der Waals surface area contributed by atoms with Gasteiger partial charge in [-0.05, 0) is 34.6 Å². The predicted octanol–water partition coefficient (Wildman–Crippen LogP) is 5.33. The topological polar surface area (TPSA) is 53.8 Å². The molecule has 2 aromatic heterocycles. The molecule has 0 aliphatic heterocycles. The number of amides is 2. The van der Waals surface area contributed by atoms with Crippen molar-refractivity contribution >= 4 is 23.2 Å². The maximum absolute atomic E-state index is 13.4. The molecule has 0 aliphatic rings. The van der Waals surface area contributed by atoms with Gasteiger partial charge in [-0.25, -0.2) is 0 Å². The van der Waals surface area contributed by atoms with E-state index >= 15 is 0 Å². The molecule has 6 heteroatoms. The summed E-state index contributed by atoms with van der Waals surface area (Å²) in [5.41, 5.74) is 0.897. The van der Waals surface area contributed by atoms with E-state index in [-0.39, 0.29) is 30.3 Å². The van der Waals surface area contributed by atoms with Gasteiger partial charge in [-0.15, -0.1) is 11.3 Å². The van der Waals surface area contributed by atoms with Gasteiger partial charge >= 0.3 is 0 Å². The van der Waals surface area contributed by atoms with Crippen LogP contribution in [0.2, 0.25) is 0 Å². The van der Waals surface area contributed by atoms with Crippen LogP contribution in [-0.2, 0) is 29.2 Å². The van der Waals surface area contributed by atoms with Gasteiger partial charge in [-0.2, -0.15) is 0 Å². The second-order valence-electron chi connectivity index (χ2n) is 8.88. The molecule has 0 aliphatic carbocycles. The minimum absolute atomic E-state index is 0.0216. The lowest BCUT2D eigenvalue weighted by molar-refractivity contribution is -0.143. The van der Waals surface area contributed by atoms with Crippen LogP contribution in [0.5, 0.6) is 0 Å². The number of carbonyl (C=O) groups excluding carboxylic acids is 2. The first-order chi connectivity index (χ1) is 14.8. The zero-order valence-electron chi connectivity index (χ0n) is 18.4. The van der Waals surface area contributed by atoms with Crippen LogP contribution in [0, 0.1) is 5.41 Å². The fourth-order valence-corrected chi connectivity index (χ4v) is 4.00. The SMILES string of the molecule is CC(C)(C)CC(=O)N(CC(=O)N(Cc1ccccc1)Cc1cccs1)Cc1ccco1. The van der Waals surface area contributed by atoms with Crippen LogP contribution in [-0.4, -0.2) is 28.2 Å². The second-order valence-corrected chi connectivity index (χ2v) is 9.91. The van der Waals surface area contributed by atoms with Crippen LogP contribution >= 0.6 is 11.3 Å². The second kappa shape index (κ2) is 10.4. The van der Waals surface area contributed by atoms with Gasteiger partial charge in [0.05, 0.1) is 19.4 Å². The van der Waals surface area contributed by atoms with E-state index < -0.39 is 0 Å². The Labute approximate surface area is 188 Å². The number of benzene rings is 1. The third-order valence-corrected chi connectivity index (χ3v) is 5.64. The normalized spacial score (nSPS) is 11.3. The number of carbonyl (C=O) groups is 2. The fourth-order valence-electron chi connectivity index (χ4n) is 3.28. The molecule has 0 fully saturated rings. The van der Waals surface area contributed by atoms with Gasteiger partial charge in [0, 0.05) is 17.8 Å². The van der Waals surface area contributed by atoms with Crippen molar-refractivity contribution in [3.05, 3.63) is 82.4 Å². The van der Waals surface area contributed by atoms with Crippen molar-refractivity contribution in [2.24, 2.45) is 5.41 Å². The zero-order chi connectivity index (χ0) is 22.3. The zero-order valence-corrected chi connectivity index (χ0v) is 19.2. The Bertz CT molecular complexity index is 945. The van der Waals surface area contributed by atoms with Crippen LogP contribution in [0.4, 0.5) is 0 Å². The van der Waals surface area contributed by atoms with Crippen LogP contribution in [0.1, 0.15) is 43.4 Å². The summed E-state index contributed by atoms with van der Waals surface area (Å²) in [7, 11) is 0. The minimum Gasteiger partial charge on any atom is -0.467 e. The first-order valence-corrected chi connectivity index (χ1v) is 11.3. The average molecular weight is 439 g/mol. The summed E-state index contributed by atoms with van der Waals surface area (Å²) in [5.74, 6) is 0.544. The molecular weight excluding hydrogens is 408 g/mol. The van der Waals surface area contributed by atoms with E-state index in [1.807, 2.05) is 79.6 Å². The Morgan fingerprint density at radius 2 is 1.65 bits per heavy atom. The van der Waals surface area contributed by atoms with Crippen molar-refractivity contribution in [2.45, 2.75) is 46.8 Å². The van der Waals surface area contributed by atoms with E-state index in [0.29, 0.717) is 25.3 Å². The smallest absolute Gasteiger partial charge is 0.242 e. The number of thiophene rings is 1. The monoisotopic (exact) mass is 438 g/mol. The fraction of sp³-hybridized carbons (Fsp3) is 0.360. The Morgan fingerprint density at radius 1 is 0.871 bits per heavy atom. The summed E-state index contributed by atoms with van der Waals surface area (Å²) in [5, 5.41) is 2.01. The van der Waals surface area contributed by atoms with Gasteiger partial charge in [0.25, 0.3) is 0 Å². The molecule has 0 spiro atoms. The molecule has 0 radical (unpaired) electrons. The molecule has 2 heterocycles. The summed E-state index contributed by atoms with van der Waals surface area (Å²) in [6.07, 6.45) is 1.95. The molecular formula is C25H30N2O3S. The maximum atomic E-state index is 13.4. The van der Waals surface area contributed by atoms with Gasteiger partial charge in [0.15, 0.2) is 0 Å². The molecule has 5 nitrogen and oxygen atoms in total. The van der Waals surface area contributed by atoms with Crippen molar-refractivity contribution in [1.29, 1.82) is 0 Å². The van der Waals surface area contributed by atoms with Crippen molar-refractivity contribution in [2.75, 3.05) is 6.54 Å². The van der Waals surface area contributed by atoms with E-state index in [9.17, 15) is 9.59 Å². The summed E-state index contributed by atoms with van der Waals surface area (Å²) < 4.78 is 5.45. The third kappa shape index (κ3) is 7.40. The molecule has 164 valence electrons. The highest BCUT2D eigenvalue weighted by Crippen LogP contribution is 2.21. The van der Waals surface area contributed by atoms with E-state index in [0.717, 1.165) is 10.4 Å². The van der Waals surface area contributed by atoms with Gasteiger partial charge in [-0.1, -0.05) is 57.2 Å². The molecule has 0 bridgehead atoms. The van der Waals surface area contributed by atoms with Crippen LogP contribution in [0.3, 0.4) is 0 Å². The Kier molecular flexibility index (Phi) is 7.69. The average Bonchev–Trinajstić information content (AvgIpc) is 3.40. The van der Waals surface area contributed by atoms with Crippen molar-refractivity contribution in [3.8, 4) is 0 Å². The highest BCUT2D eigenvalue weighted by atomic mass is 32.1. The lowest BCUT2D eigenvalue weighted by Gasteiger charge is -2.29. The number of furan rings is 1. The number of hydrogen-bond acceptors (Lipinski definition) is 4. The number of nitrogens with zero attached hydrogens (tertiary/aromatic N) is 2. The Hall–Kier alpha value is -2.86. The molecule has 0 N–H and O–H groups in total. The standard InChI is InChI=1S/C25H30N2O3S/c1-25(2,3)15-23(28)27(17-21-11-7-13-30-21)19-24(29)26(18-22-12-8-14-31-22)16-20-9-5-4-6-10-20/h4-14H,15-19H2,1-3H3. The summed E-state index contributed by atoms with van der Waals surface area (Å²) in [6, 6.07) is 17.6. The maximum Gasteiger partial charge on any atom is 0.242 e. The summed E-state index contributed by atoms with van der Waals surface area (Å²) >= 11 is 1.63. The van der Waals surface area contributed by atoms with Crippen LogP contribution < -0.4 is 0 Å². The van der Waals surface area contributed by atoms with Crippen molar-refractivity contribution in [3.63, 3.8) is 0 Å². The van der Waals surface area contributed by atoms with E-state index in [1.54, 1.807) is 28.6 Å². The third-order valence-electron chi connectivity index (χ3n) is 4.78. The molecule has 0 atom stereocenters. The van der Waals surface area contributed by atoms with Crippen LogP contribution in [0.15, 0.2) is 70.7 Å². The molecule has 0 saturated carbocycles. The van der Waals surface area contributed by atoms with Crippen molar-refractivity contribution < 1.29 is 14.0 Å². The van der Waals surface area contributed by atoms with Gasteiger partial charge in [0.1, 0.15) is 12.3 Å². The number of hydrogen-bond donors (Lipinski definition) is 0. The first-order valence-electron chi connectivity index (χ1n) is 10.4. The molecule has 0 saturated heterocycles. The molecule has 2 amide bonds. The molecule has 31 heavy (non-hydrogen) atoms. The molecule has 3 aromatic rings. The van der Waals surface area contributed by atoms with E-state index in [1.165, 1.54) is 0 Å². The summed E-state index contributed by atoms with van der Waals surface area (Å²) in [6.45, 7) is 7.40. The Balaban J connectivity index is 1.78. The summed E-state index contributed by atoms with van der Waals surface area (Å²) in [4.78, 5) is 31.0. The largest absolute Gasteiger partial charge is 0.467 e. The van der Waals surface area contributed by atoms with Gasteiger partial charge in [0.2, 0.25) is 11.8 Å². The molecule has 3 rings (SSSR count). The Morgan fingerprint density at radius 3 is 2.26 bits per heavy atom. The quantitative estimate of drug-likeness (QED) is 0.453. The minimum atomic E-state index is -0.164. The first kappa shape index (κ1) is 22.8.